The lowest BCUT2D eigenvalue weighted by atomic mass is 10.2. The van der Waals surface area contributed by atoms with Crippen LogP contribution in [0.2, 0.25) is 0 Å². The van der Waals surface area contributed by atoms with Gasteiger partial charge in [0.2, 0.25) is 5.89 Å². The Hall–Kier alpha value is -1.14. The second-order valence-electron chi connectivity index (χ2n) is 3.50. The van der Waals surface area contributed by atoms with Crippen molar-refractivity contribution in [3.8, 4) is 5.75 Å². The highest BCUT2D eigenvalue weighted by atomic mass is 32.2. The van der Waals surface area contributed by atoms with E-state index in [-0.39, 0.29) is 0 Å². The van der Waals surface area contributed by atoms with E-state index in [2.05, 4.69) is 10.2 Å². The molecule has 1 heterocycles. The number of nitrogens with zero attached hydrogens (tertiary/aromatic N) is 2. The molecule has 0 radical (unpaired) electrons. The van der Waals surface area contributed by atoms with E-state index < -0.39 is 0 Å². The molecule has 0 aliphatic rings. The highest BCUT2D eigenvalue weighted by molar-refractivity contribution is 7.98. The van der Waals surface area contributed by atoms with Crippen LogP contribution in [0.1, 0.15) is 11.5 Å². The minimum atomic E-state index is 0.602. The fourth-order valence-corrected chi connectivity index (χ4v) is 2.57. The lowest BCUT2D eigenvalue weighted by Gasteiger charge is -2.05. The third-order valence-electron chi connectivity index (χ3n) is 2.26. The quantitative estimate of drug-likeness (QED) is 0.758. The molecule has 0 atom stereocenters. The second kappa shape index (κ2) is 6.70. The van der Waals surface area contributed by atoms with Gasteiger partial charge in [0, 0.05) is 11.3 Å². The zero-order valence-electron chi connectivity index (χ0n) is 10.3. The van der Waals surface area contributed by atoms with E-state index in [1.807, 2.05) is 30.5 Å². The zero-order chi connectivity index (χ0) is 12.8. The van der Waals surface area contributed by atoms with E-state index in [0.29, 0.717) is 11.1 Å². The number of ether oxygens (including phenoxy) is 1. The van der Waals surface area contributed by atoms with Crippen molar-refractivity contribution in [3.05, 3.63) is 35.7 Å². The lowest BCUT2D eigenvalue weighted by Crippen LogP contribution is -1.89. The number of hydrogen-bond acceptors (Lipinski definition) is 6. The van der Waals surface area contributed by atoms with E-state index in [1.54, 1.807) is 18.9 Å². The number of thioether (sulfide) groups is 2. The molecule has 0 saturated carbocycles. The number of benzene rings is 1. The van der Waals surface area contributed by atoms with Gasteiger partial charge >= 0.3 is 0 Å². The molecule has 0 amide bonds. The Bertz CT molecular complexity index is 502. The van der Waals surface area contributed by atoms with Crippen LogP contribution in [0, 0.1) is 0 Å². The first-order valence-corrected chi connectivity index (χ1v) is 7.77. The topological polar surface area (TPSA) is 48.2 Å². The van der Waals surface area contributed by atoms with Crippen LogP contribution in [0.4, 0.5) is 0 Å². The lowest BCUT2D eigenvalue weighted by molar-refractivity contribution is 0.411. The smallest absolute Gasteiger partial charge is 0.276 e. The van der Waals surface area contributed by atoms with Gasteiger partial charge in [-0.25, -0.2) is 0 Å². The molecule has 6 heteroatoms. The summed E-state index contributed by atoms with van der Waals surface area (Å²) < 4.78 is 10.8. The van der Waals surface area contributed by atoms with Gasteiger partial charge in [-0.3, -0.25) is 0 Å². The van der Waals surface area contributed by atoms with Gasteiger partial charge in [0.05, 0.1) is 12.9 Å². The highest BCUT2D eigenvalue weighted by Crippen LogP contribution is 2.27. The van der Waals surface area contributed by atoms with Crippen LogP contribution in [0.5, 0.6) is 5.75 Å². The van der Waals surface area contributed by atoms with Gasteiger partial charge in [-0.05, 0) is 12.3 Å². The summed E-state index contributed by atoms with van der Waals surface area (Å²) in [7, 11) is 1.67. The van der Waals surface area contributed by atoms with Gasteiger partial charge in [0.1, 0.15) is 5.75 Å². The minimum absolute atomic E-state index is 0.602. The van der Waals surface area contributed by atoms with E-state index in [0.717, 1.165) is 22.8 Å². The summed E-state index contributed by atoms with van der Waals surface area (Å²) in [5.41, 5.74) is 1.12. The summed E-state index contributed by atoms with van der Waals surface area (Å²) in [6.07, 6.45) is 2.01. The Morgan fingerprint density at radius 1 is 1.22 bits per heavy atom. The van der Waals surface area contributed by atoms with E-state index >= 15 is 0 Å². The predicted octanol–water partition coefficient (Wildman–Crippen LogP) is 3.23. The van der Waals surface area contributed by atoms with Crippen molar-refractivity contribution in [2.45, 2.75) is 16.7 Å². The van der Waals surface area contributed by atoms with Crippen LogP contribution < -0.4 is 4.74 Å². The zero-order valence-corrected chi connectivity index (χ0v) is 11.9. The molecule has 2 aromatic rings. The third-order valence-corrected chi connectivity index (χ3v) is 3.66. The minimum Gasteiger partial charge on any atom is -0.496 e. The fourth-order valence-electron chi connectivity index (χ4n) is 1.44. The maximum atomic E-state index is 5.50. The highest BCUT2D eigenvalue weighted by Gasteiger charge is 2.08. The predicted molar refractivity (Wildman–Crippen MR) is 74.1 cm³/mol. The van der Waals surface area contributed by atoms with E-state index in [9.17, 15) is 0 Å². The summed E-state index contributed by atoms with van der Waals surface area (Å²) in [5.74, 6) is 3.06. The van der Waals surface area contributed by atoms with Crippen molar-refractivity contribution in [1.29, 1.82) is 0 Å². The molecule has 0 spiro atoms. The van der Waals surface area contributed by atoms with Crippen molar-refractivity contribution >= 4 is 23.5 Å². The Balaban J connectivity index is 1.97. The van der Waals surface area contributed by atoms with Crippen molar-refractivity contribution in [2.75, 3.05) is 13.4 Å². The summed E-state index contributed by atoms with van der Waals surface area (Å²) in [4.78, 5) is 0. The molecule has 0 bridgehead atoms. The molecule has 0 fully saturated rings. The van der Waals surface area contributed by atoms with Gasteiger partial charge in [-0.15, -0.1) is 10.2 Å². The van der Waals surface area contributed by atoms with Crippen molar-refractivity contribution < 1.29 is 9.15 Å². The Kier molecular flexibility index (Phi) is 4.95. The first kappa shape index (κ1) is 13.3. The molecule has 0 N–H and O–H groups in total. The fraction of sp³-hybridized carbons (Fsp3) is 0.333. The molecule has 96 valence electrons. The van der Waals surface area contributed by atoms with Gasteiger partial charge in [0.15, 0.2) is 0 Å². The third kappa shape index (κ3) is 3.43. The molecule has 18 heavy (non-hydrogen) atoms. The molecule has 0 aliphatic heterocycles. The Morgan fingerprint density at radius 3 is 2.83 bits per heavy atom. The molecule has 0 saturated heterocycles. The summed E-state index contributed by atoms with van der Waals surface area (Å²) in [6.45, 7) is 0. The Morgan fingerprint density at radius 2 is 2.06 bits per heavy atom. The molecule has 2 rings (SSSR count). The monoisotopic (exact) mass is 282 g/mol. The van der Waals surface area contributed by atoms with Crippen molar-refractivity contribution in [1.82, 2.24) is 10.2 Å². The van der Waals surface area contributed by atoms with E-state index in [1.165, 1.54) is 11.8 Å². The van der Waals surface area contributed by atoms with Crippen LogP contribution in [0.3, 0.4) is 0 Å². The molecule has 0 unspecified atom stereocenters. The number of para-hydroxylation sites is 1. The molecule has 0 aliphatic carbocycles. The van der Waals surface area contributed by atoms with Crippen LogP contribution in [0.25, 0.3) is 0 Å². The van der Waals surface area contributed by atoms with Crippen LogP contribution in [-0.4, -0.2) is 23.6 Å². The maximum absolute atomic E-state index is 5.50. The summed E-state index contributed by atoms with van der Waals surface area (Å²) >= 11 is 3.18. The number of methoxy groups -OCH3 is 1. The van der Waals surface area contributed by atoms with Crippen molar-refractivity contribution in [2.24, 2.45) is 0 Å². The van der Waals surface area contributed by atoms with Crippen molar-refractivity contribution in [3.63, 3.8) is 0 Å². The molecular weight excluding hydrogens is 268 g/mol. The molecule has 4 nitrogen and oxygen atoms in total. The van der Waals surface area contributed by atoms with Crippen LogP contribution in [0.15, 0.2) is 33.9 Å². The molecule has 1 aromatic heterocycles. The standard InChI is InChI=1S/C12H14N2O2S2/c1-15-10-6-4-3-5-9(10)7-18-12-14-13-11(16-12)8-17-2/h3-6H,7-8H2,1-2H3. The summed E-state index contributed by atoms with van der Waals surface area (Å²) in [5, 5.41) is 8.57. The Labute approximate surface area is 115 Å². The van der Waals surface area contributed by atoms with Crippen LogP contribution >= 0.6 is 23.5 Å². The SMILES string of the molecule is COc1ccccc1CSc1nnc(CSC)o1. The first-order valence-electron chi connectivity index (χ1n) is 5.39. The van der Waals surface area contributed by atoms with Gasteiger partial charge in [0.25, 0.3) is 5.22 Å². The number of rotatable bonds is 6. The summed E-state index contributed by atoms with van der Waals surface area (Å²) in [6, 6.07) is 7.93. The second-order valence-corrected chi connectivity index (χ2v) is 5.29. The van der Waals surface area contributed by atoms with Gasteiger partial charge < -0.3 is 9.15 Å². The first-order chi connectivity index (χ1) is 8.83. The average Bonchev–Trinajstić information content (AvgIpc) is 2.85. The van der Waals surface area contributed by atoms with E-state index in [4.69, 9.17) is 9.15 Å². The number of aromatic nitrogens is 2. The normalized spacial score (nSPS) is 10.6. The van der Waals surface area contributed by atoms with Crippen LogP contribution in [-0.2, 0) is 11.5 Å². The molecule has 1 aromatic carbocycles. The number of hydrogen-bond donors (Lipinski definition) is 0. The maximum Gasteiger partial charge on any atom is 0.276 e. The van der Waals surface area contributed by atoms with Gasteiger partial charge in [-0.2, -0.15) is 11.8 Å². The largest absolute Gasteiger partial charge is 0.496 e. The van der Waals surface area contributed by atoms with Gasteiger partial charge in [-0.1, -0.05) is 30.0 Å². The molecular formula is C12H14N2O2S2. The average molecular weight is 282 g/mol.